The first kappa shape index (κ1) is 18.6. The van der Waals surface area contributed by atoms with Gasteiger partial charge >= 0.3 is 5.97 Å². The van der Waals surface area contributed by atoms with Gasteiger partial charge in [-0.3, -0.25) is 14.4 Å². The van der Waals surface area contributed by atoms with Gasteiger partial charge in [-0.05, 0) is 49.1 Å². The van der Waals surface area contributed by atoms with E-state index in [9.17, 15) is 18.8 Å². The number of carboxylic acid groups (broad SMARTS) is 1. The number of benzene rings is 1. The second-order valence-corrected chi connectivity index (χ2v) is 8.01. The van der Waals surface area contributed by atoms with Crippen LogP contribution in [0.3, 0.4) is 0 Å². The Kier molecular flexibility index (Phi) is 5.73. The average molecular weight is 393 g/mol. The Balaban J connectivity index is 1.78. The molecule has 2 N–H and O–H groups in total. The van der Waals surface area contributed by atoms with Gasteiger partial charge in [0.05, 0.1) is 17.1 Å². The number of carboxylic acids is 1. The number of halogens is 1. The molecule has 0 spiro atoms. The largest absolute Gasteiger partial charge is 0.481 e. The predicted octanol–water partition coefficient (Wildman–Crippen LogP) is 3.75. The number of hydrogen-bond donors (Lipinski definition) is 2. The molecular formula is C18H16FNO4S2. The highest BCUT2D eigenvalue weighted by molar-refractivity contribution is 8.00. The van der Waals surface area contributed by atoms with Crippen molar-refractivity contribution in [2.24, 2.45) is 0 Å². The van der Waals surface area contributed by atoms with E-state index in [2.05, 4.69) is 5.32 Å². The number of carbonyl (C=O) groups excluding carboxylic acids is 2. The molecule has 0 aliphatic heterocycles. The SMILES string of the molecule is O=C(O)CSCC(=O)Nc1sc(C2CC2)cc1C(=O)c1ccc(F)cc1. The number of aliphatic carboxylic acids is 1. The third-order valence-corrected chi connectivity index (χ3v) is 5.92. The summed E-state index contributed by atoms with van der Waals surface area (Å²) in [7, 11) is 0. The van der Waals surface area contributed by atoms with E-state index in [1.807, 2.05) is 0 Å². The number of rotatable bonds is 8. The molecule has 1 aliphatic rings. The molecule has 0 saturated heterocycles. The van der Waals surface area contributed by atoms with Crippen LogP contribution in [0.2, 0.25) is 0 Å². The van der Waals surface area contributed by atoms with Crippen LogP contribution in [0.5, 0.6) is 0 Å². The molecule has 0 unspecified atom stereocenters. The highest BCUT2D eigenvalue weighted by Gasteiger charge is 2.29. The number of amides is 1. The third kappa shape index (κ3) is 4.70. The summed E-state index contributed by atoms with van der Waals surface area (Å²) in [6, 6.07) is 7.08. The fourth-order valence-electron chi connectivity index (χ4n) is 2.39. The first-order valence-electron chi connectivity index (χ1n) is 7.97. The van der Waals surface area contributed by atoms with Gasteiger partial charge in [0.15, 0.2) is 5.78 Å². The molecule has 3 rings (SSSR count). The molecule has 2 aromatic rings. The van der Waals surface area contributed by atoms with Crippen molar-refractivity contribution in [2.75, 3.05) is 16.8 Å². The van der Waals surface area contributed by atoms with Gasteiger partial charge < -0.3 is 10.4 Å². The number of hydrogen-bond acceptors (Lipinski definition) is 5. The van der Waals surface area contributed by atoms with Crippen LogP contribution in [-0.2, 0) is 9.59 Å². The van der Waals surface area contributed by atoms with Crippen LogP contribution in [0.4, 0.5) is 9.39 Å². The lowest BCUT2D eigenvalue weighted by Crippen LogP contribution is -2.16. The zero-order chi connectivity index (χ0) is 18.7. The topological polar surface area (TPSA) is 83.5 Å². The summed E-state index contributed by atoms with van der Waals surface area (Å²) in [5, 5.41) is 11.8. The van der Waals surface area contributed by atoms with Crippen molar-refractivity contribution in [1.82, 2.24) is 0 Å². The summed E-state index contributed by atoms with van der Waals surface area (Å²) in [6.07, 6.45) is 2.12. The van der Waals surface area contributed by atoms with Crippen molar-refractivity contribution < 1.29 is 23.9 Å². The van der Waals surface area contributed by atoms with Gasteiger partial charge in [0, 0.05) is 10.4 Å². The average Bonchev–Trinajstić information content (AvgIpc) is 3.36. The smallest absolute Gasteiger partial charge is 0.313 e. The van der Waals surface area contributed by atoms with E-state index in [4.69, 9.17) is 5.11 Å². The molecule has 136 valence electrons. The van der Waals surface area contributed by atoms with Crippen molar-refractivity contribution in [3.8, 4) is 0 Å². The Morgan fingerprint density at radius 1 is 1.19 bits per heavy atom. The van der Waals surface area contributed by atoms with E-state index in [0.717, 1.165) is 29.5 Å². The quantitative estimate of drug-likeness (QED) is 0.668. The molecule has 0 bridgehead atoms. The van der Waals surface area contributed by atoms with E-state index in [0.29, 0.717) is 22.0 Å². The van der Waals surface area contributed by atoms with Crippen LogP contribution in [0.1, 0.15) is 39.6 Å². The zero-order valence-corrected chi connectivity index (χ0v) is 15.3. The third-order valence-electron chi connectivity index (χ3n) is 3.79. The summed E-state index contributed by atoms with van der Waals surface area (Å²) in [5.74, 6) is -1.78. The van der Waals surface area contributed by atoms with Gasteiger partial charge in [-0.1, -0.05) is 0 Å². The van der Waals surface area contributed by atoms with E-state index in [1.54, 1.807) is 6.07 Å². The van der Waals surface area contributed by atoms with Gasteiger partial charge in [-0.2, -0.15) is 0 Å². The summed E-state index contributed by atoms with van der Waals surface area (Å²) in [6.45, 7) is 0. The predicted molar refractivity (Wildman–Crippen MR) is 99.7 cm³/mol. The maximum atomic E-state index is 13.1. The number of carbonyl (C=O) groups is 3. The van der Waals surface area contributed by atoms with Gasteiger partial charge in [-0.15, -0.1) is 23.1 Å². The highest BCUT2D eigenvalue weighted by Crippen LogP contribution is 2.46. The molecule has 0 atom stereocenters. The molecule has 26 heavy (non-hydrogen) atoms. The van der Waals surface area contributed by atoms with Gasteiger partial charge in [0.2, 0.25) is 5.91 Å². The summed E-state index contributed by atoms with van der Waals surface area (Å²) in [4.78, 5) is 36.4. The zero-order valence-electron chi connectivity index (χ0n) is 13.7. The lowest BCUT2D eigenvalue weighted by atomic mass is 10.0. The van der Waals surface area contributed by atoms with Gasteiger partial charge in [0.1, 0.15) is 10.8 Å². The van der Waals surface area contributed by atoms with Crippen LogP contribution in [-0.4, -0.2) is 34.3 Å². The molecule has 1 aromatic carbocycles. The minimum absolute atomic E-state index is 0.00680. The fourth-order valence-corrected chi connectivity index (χ4v) is 4.17. The van der Waals surface area contributed by atoms with E-state index in [1.165, 1.54) is 35.6 Å². The highest BCUT2D eigenvalue weighted by atomic mass is 32.2. The van der Waals surface area contributed by atoms with Crippen molar-refractivity contribution in [3.63, 3.8) is 0 Å². The number of thioether (sulfide) groups is 1. The standard InChI is InChI=1S/C18H16FNO4S2/c19-12-5-3-11(4-6-12)17(24)13-7-14(10-1-2-10)26-18(13)20-15(21)8-25-9-16(22)23/h3-7,10H,1-2,8-9H2,(H,20,21)(H,22,23). The minimum Gasteiger partial charge on any atom is -0.481 e. The van der Waals surface area contributed by atoms with Crippen molar-refractivity contribution >= 4 is 45.8 Å². The number of ketones is 1. The van der Waals surface area contributed by atoms with Crippen LogP contribution < -0.4 is 5.32 Å². The van der Waals surface area contributed by atoms with Crippen LogP contribution >= 0.6 is 23.1 Å². The van der Waals surface area contributed by atoms with Crippen LogP contribution in [0, 0.1) is 5.82 Å². The maximum Gasteiger partial charge on any atom is 0.313 e. The molecule has 5 nitrogen and oxygen atoms in total. The molecule has 1 amide bonds. The maximum absolute atomic E-state index is 13.1. The van der Waals surface area contributed by atoms with E-state index in [-0.39, 0.29) is 23.2 Å². The van der Waals surface area contributed by atoms with Crippen LogP contribution in [0.25, 0.3) is 0 Å². The van der Waals surface area contributed by atoms with Gasteiger partial charge in [-0.25, -0.2) is 4.39 Å². The lowest BCUT2D eigenvalue weighted by Gasteiger charge is -2.06. The number of thiophene rings is 1. The molecule has 0 radical (unpaired) electrons. The van der Waals surface area contributed by atoms with Crippen molar-refractivity contribution in [3.05, 3.63) is 52.2 Å². The summed E-state index contributed by atoms with van der Waals surface area (Å²) >= 11 is 2.36. The molecular weight excluding hydrogens is 377 g/mol. The molecule has 1 heterocycles. The Hall–Kier alpha value is -2.19. The Morgan fingerprint density at radius 3 is 2.50 bits per heavy atom. The van der Waals surface area contributed by atoms with Crippen molar-refractivity contribution in [2.45, 2.75) is 18.8 Å². The molecule has 1 aromatic heterocycles. The summed E-state index contributed by atoms with van der Waals surface area (Å²) in [5.41, 5.74) is 0.738. The Labute approximate surface area is 157 Å². The molecule has 1 saturated carbocycles. The van der Waals surface area contributed by atoms with E-state index >= 15 is 0 Å². The normalized spacial score (nSPS) is 13.4. The van der Waals surface area contributed by atoms with E-state index < -0.39 is 11.8 Å². The lowest BCUT2D eigenvalue weighted by molar-refractivity contribution is -0.133. The number of nitrogens with one attached hydrogen (secondary N) is 1. The first-order valence-corrected chi connectivity index (χ1v) is 9.94. The number of anilines is 1. The van der Waals surface area contributed by atoms with Crippen molar-refractivity contribution in [1.29, 1.82) is 0 Å². The van der Waals surface area contributed by atoms with Gasteiger partial charge in [0.25, 0.3) is 0 Å². The monoisotopic (exact) mass is 393 g/mol. The molecule has 1 aliphatic carbocycles. The Morgan fingerprint density at radius 2 is 1.88 bits per heavy atom. The minimum atomic E-state index is -0.984. The van der Waals surface area contributed by atoms with Crippen LogP contribution in [0.15, 0.2) is 30.3 Å². The fraction of sp³-hybridized carbons (Fsp3) is 0.278. The molecule has 1 fully saturated rings. The first-order chi connectivity index (χ1) is 12.4. The second kappa shape index (κ2) is 8.01. The summed E-state index contributed by atoms with van der Waals surface area (Å²) < 4.78 is 13.1. The second-order valence-electron chi connectivity index (χ2n) is 5.94. The Bertz CT molecular complexity index is 843. The molecule has 8 heteroatoms.